The first-order valence-electron chi connectivity index (χ1n) is 10.2. The van der Waals surface area contributed by atoms with Crippen molar-refractivity contribution in [3.8, 4) is 10.6 Å². The summed E-state index contributed by atoms with van der Waals surface area (Å²) in [6.07, 6.45) is -0.680. The summed E-state index contributed by atoms with van der Waals surface area (Å²) in [5, 5.41) is 11.4. The lowest BCUT2D eigenvalue weighted by molar-refractivity contribution is -0.137. The summed E-state index contributed by atoms with van der Waals surface area (Å²) in [6, 6.07) is 11.5. The lowest BCUT2D eigenvalue weighted by Gasteiger charge is -2.06. The predicted octanol–water partition coefficient (Wildman–Crippen LogP) is 7.26. The monoisotopic (exact) mass is 456 g/mol. The molecule has 0 aliphatic rings. The zero-order valence-electron chi connectivity index (χ0n) is 17.8. The molecule has 2 aromatic heterocycles. The number of rotatable bonds is 6. The fraction of sp³-hybridized carbons (Fsp3) is 0.240. The third-order valence-electron chi connectivity index (χ3n) is 5.49. The van der Waals surface area contributed by atoms with Gasteiger partial charge in [-0.05, 0) is 62.1 Å². The van der Waals surface area contributed by atoms with Crippen LogP contribution in [0.1, 0.15) is 27.3 Å². The molecule has 0 bridgehead atoms. The molecular weight excluding hydrogens is 433 g/mol. The highest BCUT2D eigenvalue weighted by atomic mass is 32.1. The fourth-order valence-electron chi connectivity index (χ4n) is 3.85. The number of hydrogen-bond donors (Lipinski definition) is 1. The van der Waals surface area contributed by atoms with Crippen LogP contribution in [0.15, 0.2) is 61.0 Å². The number of aliphatic hydroxyl groups is 1. The number of aromatic nitrogens is 2. The SMILES string of the molecule is C=C(O)Cn1cc(C)c2cc(CCc3sc(-c4ccc(C(F)(F)F)cc4)nc3C)ccc21. The van der Waals surface area contributed by atoms with Crippen molar-refractivity contribution >= 4 is 22.2 Å². The van der Waals surface area contributed by atoms with E-state index >= 15 is 0 Å². The van der Waals surface area contributed by atoms with Crippen molar-refractivity contribution in [1.82, 2.24) is 9.55 Å². The maximum Gasteiger partial charge on any atom is 0.416 e. The van der Waals surface area contributed by atoms with Crippen LogP contribution < -0.4 is 0 Å². The summed E-state index contributed by atoms with van der Waals surface area (Å²) in [6.45, 7) is 7.93. The summed E-state index contributed by atoms with van der Waals surface area (Å²) in [5.74, 6) is 0.121. The van der Waals surface area contributed by atoms with Crippen molar-refractivity contribution in [2.45, 2.75) is 39.4 Å². The van der Waals surface area contributed by atoms with E-state index in [2.05, 4.69) is 29.8 Å². The molecule has 166 valence electrons. The quantitative estimate of drug-likeness (QED) is 0.310. The average Bonchev–Trinajstić information content (AvgIpc) is 3.25. The Balaban J connectivity index is 1.51. The largest absolute Gasteiger partial charge is 0.511 e. The average molecular weight is 457 g/mol. The van der Waals surface area contributed by atoms with E-state index in [4.69, 9.17) is 0 Å². The Morgan fingerprint density at radius 2 is 1.81 bits per heavy atom. The van der Waals surface area contributed by atoms with Gasteiger partial charge < -0.3 is 9.67 Å². The van der Waals surface area contributed by atoms with Gasteiger partial charge in [-0.2, -0.15) is 13.2 Å². The number of benzene rings is 2. The third kappa shape index (κ3) is 4.58. The Morgan fingerprint density at radius 1 is 1.09 bits per heavy atom. The summed E-state index contributed by atoms with van der Waals surface area (Å²) < 4.78 is 40.4. The molecule has 0 unspecified atom stereocenters. The lowest BCUT2D eigenvalue weighted by Crippen LogP contribution is -2.03. The van der Waals surface area contributed by atoms with Gasteiger partial charge in [0.1, 0.15) is 10.8 Å². The van der Waals surface area contributed by atoms with Gasteiger partial charge in [-0.25, -0.2) is 4.98 Å². The highest BCUT2D eigenvalue weighted by Gasteiger charge is 2.30. The van der Waals surface area contributed by atoms with Gasteiger partial charge in [-0.1, -0.05) is 24.8 Å². The van der Waals surface area contributed by atoms with Gasteiger partial charge in [0, 0.05) is 27.5 Å². The van der Waals surface area contributed by atoms with Crippen molar-refractivity contribution < 1.29 is 18.3 Å². The standard InChI is InChI=1S/C25H23F3N2OS/c1-15-13-30(14-16(2)31)22-10-4-18(12-21(15)22)5-11-23-17(3)29-24(32-23)19-6-8-20(9-7-19)25(26,27)28/h4,6-10,12-13,31H,2,5,11,14H2,1,3H3. The normalized spacial score (nSPS) is 11.9. The molecule has 4 aromatic rings. The molecule has 0 atom stereocenters. The van der Waals surface area contributed by atoms with Crippen LogP contribution in [0.5, 0.6) is 0 Å². The predicted molar refractivity (Wildman–Crippen MR) is 123 cm³/mol. The van der Waals surface area contributed by atoms with Crippen LogP contribution >= 0.6 is 11.3 Å². The van der Waals surface area contributed by atoms with Crippen LogP contribution in [0, 0.1) is 13.8 Å². The summed E-state index contributed by atoms with van der Waals surface area (Å²) in [7, 11) is 0. The van der Waals surface area contributed by atoms with Crippen LogP contribution in [-0.2, 0) is 25.6 Å². The second-order valence-electron chi connectivity index (χ2n) is 7.96. The lowest BCUT2D eigenvalue weighted by atomic mass is 10.0. The maximum atomic E-state index is 12.8. The minimum atomic E-state index is -4.34. The van der Waals surface area contributed by atoms with E-state index in [0.29, 0.717) is 12.1 Å². The van der Waals surface area contributed by atoms with Gasteiger partial charge in [0.2, 0.25) is 0 Å². The van der Waals surface area contributed by atoms with Crippen molar-refractivity contribution in [2.75, 3.05) is 0 Å². The number of halogens is 3. The first kappa shape index (κ1) is 22.1. The zero-order valence-corrected chi connectivity index (χ0v) is 18.6. The molecule has 2 aromatic carbocycles. The molecule has 0 radical (unpaired) electrons. The zero-order chi connectivity index (χ0) is 23.0. The Morgan fingerprint density at radius 3 is 2.47 bits per heavy atom. The van der Waals surface area contributed by atoms with E-state index in [1.165, 1.54) is 29.0 Å². The van der Waals surface area contributed by atoms with Crippen molar-refractivity contribution in [3.63, 3.8) is 0 Å². The number of nitrogens with zero attached hydrogens (tertiary/aromatic N) is 2. The molecule has 0 saturated carbocycles. The molecule has 0 fully saturated rings. The van der Waals surface area contributed by atoms with Crippen LogP contribution in [0.4, 0.5) is 13.2 Å². The molecule has 4 rings (SSSR count). The summed E-state index contributed by atoms with van der Waals surface area (Å²) in [4.78, 5) is 5.71. The molecule has 3 nitrogen and oxygen atoms in total. The second kappa shape index (κ2) is 8.47. The number of fused-ring (bicyclic) bond motifs is 1. The molecule has 0 amide bonds. The first-order chi connectivity index (χ1) is 15.1. The Hall–Kier alpha value is -3.06. The smallest absolute Gasteiger partial charge is 0.416 e. The number of hydrogen-bond acceptors (Lipinski definition) is 3. The second-order valence-corrected chi connectivity index (χ2v) is 9.04. The Bertz CT molecular complexity index is 1280. The van der Waals surface area contributed by atoms with Crippen LogP contribution in [0.3, 0.4) is 0 Å². The molecule has 1 N–H and O–H groups in total. The van der Waals surface area contributed by atoms with Crippen LogP contribution in [0.2, 0.25) is 0 Å². The minimum Gasteiger partial charge on any atom is -0.511 e. The van der Waals surface area contributed by atoms with Crippen LogP contribution in [-0.4, -0.2) is 14.7 Å². The van der Waals surface area contributed by atoms with Gasteiger partial charge in [-0.15, -0.1) is 11.3 Å². The Labute approximate surface area is 188 Å². The van der Waals surface area contributed by atoms with Crippen molar-refractivity contribution in [3.05, 3.63) is 88.3 Å². The molecule has 0 aliphatic heterocycles. The molecule has 2 heterocycles. The number of alkyl halides is 3. The summed E-state index contributed by atoms with van der Waals surface area (Å²) >= 11 is 1.53. The number of thiazole rings is 1. The molecule has 0 spiro atoms. The van der Waals surface area contributed by atoms with Crippen molar-refractivity contribution in [1.29, 1.82) is 0 Å². The van der Waals surface area contributed by atoms with Gasteiger partial charge in [-0.3, -0.25) is 0 Å². The molecule has 0 aliphatic carbocycles. The Kier molecular flexibility index (Phi) is 5.86. The van der Waals surface area contributed by atoms with E-state index in [9.17, 15) is 18.3 Å². The highest BCUT2D eigenvalue weighted by Crippen LogP contribution is 2.33. The fourth-order valence-corrected chi connectivity index (χ4v) is 4.92. The van der Waals surface area contributed by atoms with E-state index < -0.39 is 11.7 Å². The van der Waals surface area contributed by atoms with E-state index in [-0.39, 0.29) is 5.76 Å². The third-order valence-corrected chi connectivity index (χ3v) is 6.76. The molecular formula is C25H23F3N2OS. The minimum absolute atomic E-state index is 0.121. The van der Waals surface area contributed by atoms with Gasteiger partial charge >= 0.3 is 6.18 Å². The number of aryl methyl sites for hydroxylation is 4. The number of allylic oxidation sites excluding steroid dienone is 1. The molecule has 32 heavy (non-hydrogen) atoms. The van der Waals surface area contributed by atoms with Crippen LogP contribution in [0.25, 0.3) is 21.5 Å². The van der Waals surface area contributed by atoms with E-state index in [1.54, 1.807) is 0 Å². The maximum absolute atomic E-state index is 12.8. The first-order valence-corrected chi connectivity index (χ1v) is 11.0. The van der Waals surface area contributed by atoms with Crippen molar-refractivity contribution in [2.24, 2.45) is 0 Å². The van der Waals surface area contributed by atoms with Gasteiger partial charge in [0.15, 0.2) is 0 Å². The molecule has 7 heteroatoms. The topological polar surface area (TPSA) is 38.0 Å². The molecule has 0 saturated heterocycles. The van der Waals surface area contributed by atoms with E-state index in [1.807, 2.05) is 24.6 Å². The van der Waals surface area contributed by atoms with Gasteiger partial charge in [0.25, 0.3) is 0 Å². The summed E-state index contributed by atoms with van der Waals surface area (Å²) in [5.41, 5.74) is 4.35. The van der Waals surface area contributed by atoms with Gasteiger partial charge in [0.05, 0.1) is 17.8 Å². The highest BCUT2D eigenvalue weighted by molar-refractivity contribution is 7.15. The van der Waals surface area contributed by atoms with E-state index in [0.717, 1.165) is 57.0 Å². The number of aliphatic hydroxyl groups excluding tert-OH is 1.